The lowest BCUT2D eigenvalue weighted by Crippen LogP contribution is -2.64. The maximum atomic E-state index is 13.5. The third-order valence-corrected chi connectivity index (χ3v) is 31.4. The van der Waals surface area contributed by atoms with Crippen molar-refractivity contribution >= 4 is 117 Å². The van der Waals surface area contributed by atoms with Crippen molar-refractivity contribution < 1.29 is 133 Å². The van der Waals surface area contributed by atoms with Crippen LogP contribution in [0.15, 0.2) is 0 Å². The third kappa shape index (κ3) is 25.4. The second-order valence-corrected chi connectivity index (χ2v) is 41.1. The summed E-state index contributed by atoms with van der Waals surface area (Å²) < 4.78 is 117. The fourth-order valence-corrected chi connectivity index (χ4v) is 23.7. The number of nitrogens with one attached hydrogen (secondary N) is 4. The number of aliphatic carboxylic acids is 4. The Kier molecular flexibility index (Phi) is 34.9. The number of likely N-dealkylation sites (tertiary alicyclic amines) is 1. The van der Waals surface area contributed by atoms with Gasteiger partial charge in [0.2, 0.25) is 23.6 Å². The Morgan fingerprint density at radius 1 is 0.417 bits per heavy atom. The number of carboxylic acid groups (broad SMARTS) is 4. The molecule has 0 aromatic rings. The molecule has 56 heteroatoms. The summed E-state index contributed by atoms with van der Waals surface area (Å²) in [6, 6.07) is -5.77. The summed E-state index contributed by atoms with van der Waals surface area (Å²) in [7, 11) is -22.1. The smallest absolute Gasteiger partial charge is 0.451 e. The molecule has 18 atom stereocenters. The lowest BCUT2D eigenvalue weighted by Gasteiger charge is -2.40. The Hall–Kier alpha value is -5.14. The average Bonchev–Trinajstić information content (AvgIpc) is 1.57. The summed E-state index contributed by atoms with van der Waals surface area (Å²) in [5.74, 6) is -9.17. The lowest BCUT2D eigenvalue weighted by atomic mass is 9.78. The van der Waals surface area contributed by atoms with Gasteiger partial charge in [-0.1, -0.05) is 32.6 Å². The van der Waals surface area contributed by atoms with Gasteiger partial charge in [-0.25, -0.2) is 0 Å². The van der Waals surface area contributed by atoms with Crippen LogP contribution in [0.4, 0.5) is 0 Å². The predicted octanol–water partition coefficient (Wildman–Crippen LogP) is -12.0. The highest BCUT2D eigenvalue weighted by atomic mass is 32.2. The summed E-state index contributed by atoms with van der Waals surface area (Å²) in [4.78, 5) is 95.9. The largest absolute Gasteiger partial charge is 0.480 e. The quantitative estimate of drug-likeness (QED) is 0.0252. The van der Waals surface area contributed by atoms with Gasteiger partial charge in [-0.05, 0) is 124 Å². The molecule has 684 valence electrons. The van der Waals surface area contributed by atoms with Gasteiger partial charge < -0.3 is 127 Å². The Labute approximate surface area is 700 Å². The van der Waals surface area contributed by atoms with Gasteiger partial charge in [-0.3, -0.25) is 38.4 Å². The highest BCUT2D eigenvalue weighted by Gasteiger charge is 2.63. The Morgan fingerprint density at radius 3 is 0.942 bits per heavy atom. The molecule has 0 aromatic heterocycles. The van der Waals surface area contributed by atoms with E-state index in [0.717, 1.165) is 17.2 Å². The number of rotatable bonds is 42. The molecule has 5 saturated heterocycles. The zero-order valence-electron chi connectivity index (χ0n) is 68.1. The van der Waals surface area contributed by atoms with Crippen molar-refractivity contribution in [3.63, 3.8) is 0 Å². The normalized spacial score (nSPS) is 30.6. The van der Waals surface area contributed by atoms with Crippen molar-refractivity contribution in [2.75, 3.05) is 72.0 Å². The van der Waals surface area contributed by atoms with Crippen LogP contribution < -0.4 is 66.5 Å². The van der Waals surface area contributed by atoms with Crippen LogP contribution in [0.3, 0.4) is 0 Å². The van der Waals surface area contributed by atoms with Gasteiger partial charge in [0.1, 0.15) is 22.2 Å². The van der Waals surface area contributed by atoms with Gasteiger partial charge in [0, 0.05) is 144 Å². The van der Waals surface area contributed by atoms with E-state index in [1.807, 2.05) is 0 Å². The number of amides is 4. The van der Waals surface area contributed by atoms with Gasteiger partial charge in [0.15, 0.2) is 0 Å². The molecule has 5 heterocycles. The molecule has 48 nitrogen and oxygen atoms in total. The highest BCUT2D eigenvalue weighted by Crippen LogP contribution is 2.46. The molecule has 5 aliphatic carbocycles. The van der Waals surface area contributed by atoms with Gasteiger partial charge >= 0.3 is 52.4 Å². The Morgan fingerprint density at radius 2 is 0.683 bits per heavy atom. The van der Waals surface area contributed by atoms with E-state index in [4.69, 9.17) is 86.1 Å². The second kappa shape index (κ2) is 41.1. The third-order valence-electron chi connectivity index (χ3n) is 23.7. The van der Waals surface area contributed by atoms with Crippen molar-refractivity contribution in [3.8, 4) is 0 Å². The summed E-state index contributed by atoms with van der Waals surface area (Å²) in [6.45, 7) is 6.63. The Bertz CT molecular complexity index is 3950. The van der Waals surface area contributed by atoms with Crippen LogP contribution >= 0.6 is 0 Å². The number of carbonyl (C=O) groups excluding carboxylic acids is 4. The van der Waals surface area contributed by atoms with Crippen LogP contribution in [0.5, 0.6) is 0 Å². The van der Waals surface area contributed by atoms with Crippen LogP contribution in [0.2, 0.25) is 25.3 Å². The van der Waals surface area contributed by atoms with Crippen molar-refractivity contribution in [2.24, 2.45) is 69.5 Å². The first kappa shape index (κ1) is 102. The zero-order valence-corrected chi connectivity index (χ0v) is 71.3. The number of carbonyl (C=O) groups is 8. The van der Waals surface area contributed by atoms with E-state index in [0.29, 0.717) is 70.6 Å². The van der Waals surface area contributed by atoms with E-state index < -0.39 is 175 Å². The minimum atomic E-state index is -4.01. The number of nitrogens with zero attached hydrogens (tertiary/aromatic N) is 8. The maximum absolute atomic E-state index is 13.5. The molecule has 0 aromatic carbocycles. The van der Waals surface area contributed by atoms with E-state index in [1.165, 1.54) is 24.7 Å². The van der Waals surface area contributed by atoms with Crippen LogP contribution in [-0.4, -0.2) is 378 Å². The molecule has 4 amide bonds. The number of hydrogen-bond donors (Lipinski definition) is 24. The molecular weight excluding hydrogens is 1670 g/mol. The van der Waals surface area contributed by atoms with Crippen molar-refractivity contribution in [1.82, 2.24) is 55.7 Å². The van der Waals surface area contributed by atoms with Crippen LogP contribution in [-0.2, 0) is 79.2 Å². The minimum Gasteiger partial charge on any atom is -0.480 e. The predicted molar refractivity (Wildman–Crippen MR) is 432 cm³/mol. The average molecular weight is 1790 g/mol. The van der Waals surface area contributed by atoms with Crippen LogP contribution in [0.1, 0.15) is 131 Å². The summed E-state index contributed by atoms with van der Waals surface area (Å²) in [5, 5.41) is 119. The van der Waals surface area contributed by atoms with E-state index >= 15 is 0 Å². The van der Waals surface area contributed by atoms with Crippen molar-refractivity contribution in [2.45, 2.75) is 257 Å². The lowest BCUT2D eigenvalue weighted by molar-refractivity contribution is -0.145. The topological polar surface area (TPSA) is 798 Å². The van der Waals surface area contributed by atoms with Crippen LogP contribution in [0, 0.1) is 23.7 Å². The first-order valence-electron chi connectivity index (χ1n) is 40.3. The summed E-state index contributed by atoms with van der Waals surface area (Å²) >= 11 is 0. The first-order chi connectivity index (χ1) is 55.5. The molecule has 5 saturated carbocycles. The van der Waals surface area contributed by atoms with E-state index in [1.54, 1.807) is 27.7 Å². The molecule has 10 aliphatic rings. The fourth-order valence-electron chi connectivity index (χ4n) is 15.9. The molecule has 0 spiro atoms. The molecule has 0 bridgehead atoms. The Balaban J connectivity index is 0.000000221. The summed E-state index contributed by atoms with van der Waals surface area (Å²) in [6.07, 6.45) is 6.65. The van der Waals surface area contributed by atoms with Gasteiger partial charge in [-0.2, -0.15) is 68.5 Å². The first-order valence-corrected chi connectivity index (χ1v) is 46.0. The van der Waals surface area contributed by atoms with E-state index in [2.05, 4.69) is 20.7 Å². The van der Waals surface area contributed by atoms with Gasteiger partial charge in [0.25, 0.3) is 40.8 Å². The standard InChI is InChI=1S/2C17H32BN5O7S.C16H32BN5O7S.C14H28BN5O7S/c2*1-10(19)15(24)21-13-7-14(13)23(12-4-5-12)31(29,30)22-8-11(3-2-6-18(27)28)17(20,9-22)16(25)26;1-3-22(13-7-12(13)20-14(23)10(2)18)30(28,29)21-8-11(5-4-6-17(26)27)16(19,9-21)15(24)25;1-9(16)12(21)19-6-11(7-19)18-28(26,27)20-5-10(3-2-4-15(24)25)14(17,8-20)13(22)23/h2*10-14,27-28H,2-9,19-20H2,1H3,(H,21,24)(H,25,26);10-13,26-27H,3-9,18-19H2,1-2H3,(H,20,23)(H,24,25);9-11,18,24-25H,2-8,16-17H2,1H3,(H,22,23)/t10-,11-,13+,14?,17-;10-,11-,13-,14-,17-;10-,11-,12-,13-,16-;9-,10-,14-/m0000/s1. The zero-order chi connectivity index (χ0) is 90.4. The molecule has 10 fully saturated rings. The maximum Gasteiger partial charge on any atom is 0.451 e. The van der Waals surface area contributed by atoms with E-state index in [-0.39, 0.29) is 189 Å². The SMILES string of the molecule is CCN([C@H]1C[C@@H]1NC(=O)[C@H](C)N)S(=O)(=O)N1C[C@H](CCCB(O)O)[C@](N)(C(=O)O)C1.C[C@H](N)C(=O)N1CC(NS(=O)(=O)N2C[C@H](CCCB(O)O)[C@](N)(C(=O)O)C2)C1.C[C@H](N)C(=O)N[C@@H]1CC1N(C1CC1)S(=O)(=O)N1C[C@H](CCCB(O)O)[C@](N)(C(=O)O)C1.C[C@H](N)C(=O)N[C@H]1C[C@@H]1N(C1CC1)S(=O)(=O)N1C[C@H](CCCB(O)O)[C@](N)(C(=O)O)C1. The molecular formula is C64H124B4N20O28S4. The van der Waals surface area contributed by atoms with Gasteiger partial charge in [-0.15, -0.1) is 0 Å². The molecule has 0 radical (unpaired) electrons. The molecule has 120 heavy (non-hydrogen) atoms. The second-order valence-electron chi connectivity index (χ2n) is 33.8. The molecule has 5 aliphatic heterocycles. The molecule has 10 rings (SSSR count). The van der Waals surface area contributed by atoms with Crippen molar-refractivity contribution in [1.29, 1.82) is 0 Å². The molecule has 32 N–H and O–H groups in total. The minimum absolute atomic E-state index is 0.0443. The highest BCUT2D eigenvalue weighted by molar-refractivity contribution is 7.87. The molecule has 1 unspecified atom stereocenters. The summed E-state index contributed by atoms with van der Waals surface area (Å²) in [5.41, 5.74) is 39.5. The van der Waals surface area contributed by atoms with Crippen molar-refractivity contribution in [3.05, 3.63) is 0 Å². The number of carboxylic acids is 4. The van der Waals surface area contributed by atoms with E-state index in [9.17, 15) is 92.5 Å². The number of hydrogen-bond acceptors (Lipinski definition) is 32. The number of nitrogens with two attached hydrogens (primary N) is 8. The monoisotopic (exact) mass is 1790 g/mol. The number of likely N-dealkylation sites (N-methyl/N-ethyl adjacent to an activating group) is 1. The van der Waals surface area contributed by atoms with Crippen LogP contribution in [0.25, 0.3) is 0 Å². The van der Waals surface area contributed by atoms with Gasteiger partial charge in [0.05, 0.1) is 30.2 Å². The fraction of sp³-hybridized carbons (Fsp3) is 0.875.